The number of carbonyl (C=O) groups excluding carboxylic acids is 3. The largest absolute Gasteiger partial charge is 0.493 e. The Labute approximate surface area is 173 Å². The number of rotatable bonds is 9. The standard InChI is InChI=1S/C21H23NO8/c1-5-29-20(24)13-6-8-15(9-7-13)22-18(23)12-30-21(25)14-10-16(26-2)19(28-4)17(11-14)27-3/h6-11H,5,12H2,1-4H3,(H,22,23). The Morgan fingerprint density at radius 2 is 1.37 bits per heavy atom. The summed E-state index contributed by atoms with van der Waals surface area (Å²) in [5.74, 6) is -0.818. The van der Waals surface area contributed by atoms with Crippen LogP contribution in [0.2, 0.25) is 0 Å². The molecule has 0 unspecified atom stereocenters. The van der Waals surface area contributed by atoms with E-state index in [0.717, 1.165) is 0 Å². The van der Waals surface area contributed by atoms with Gasteiger partial charge in [-0.15, -0.1) is 0 Å². The van der Waals surface area contributed by atoms with E-state index in [0.29, 0.717) is 17.0 Å². The van der Waals surface area contributed by atoms with Gasteiger partial charge in [0.25, 0.3) is 5.91 Å². The third kappa shape index (κ3) is 5.63. The average Bonchev–Trinajstić information content (AvgIpc) is 2.76. The van der Waals surface area contributed by atoms with Gasteiger partial charge in [0.2, 0.25) is 5.75 Å². The molecule has 2 aromatic carbocycles. The van der Waals surface area contributed by atoms with Crippen LogP contribution in [0.4, 0.5) is 5.69 Å². The van der Waals surface area contributed by atoms with Crippen molar-refractivity contribution in [3.63, 3.8) is 0 Å². The van der Waals surface area contributed by atoms with Crippen LogP contribution in [0.5, 0.6) is 17.2 Å². The average molecular weight is 417 g/mol. The molecule has 2 aromatic rings. The van der Waals surface area contributed by atoms with E-state index in [1.165, 1.54) is 45.6 Å². The summed E-state index contributed by atoms with van der Waals surface area (Å²) in [5, 5.41) is 2.57. The second-order valence-electron chi connectivity index (χ2n) is 5.84. The SMILES string of the molecule is CCOC(=O)c1ccc(NC(=O)COC(=O)c2cc(OC)c(OC)c(OC)c2)cc1. The third-order valence-electron chi connectivity index (χ3n) is 3.91. The maximum absolute atomic E-state index is 12.3. The lowest BCUT2D eigenvalue weighted by molar-refractivity contribution is -0.119. The van der Waals surface area contributed by atoms with E-state index < -0.39 is 24.5 Å². The topological polar surface area (TPSA) is 109 Å². The molecule has 0 aliphatic rings. The maximum Gasteiger partial charge on any atom is 0.338 e. The van der Waals surface area contributed by atoms with Gasteiger partial charge in [-0.3, -0.25) is 4.79 Å². The molecule has 0 saturated carbocycles. The first kappa shape index (κ1) is 22.5. The van der Waals surface area contributed by atoms with Crippen molar-refractivity contribution in [3.05, 3.63) is 47.5 Å². The first-order chi connectivity index (χ1) is 14.4. The van der Waals surface area contributed by atoms with Gasteiger partial charge in [-0.05, 0) is 43.3 Å². The molecule has 0 aliphatic carbocycles. The minimum absolute atomic E-state index is 0.135. The zero-order valence-electron chi connectivity index (χ0n) is 17.1. The number of hydrogen-bond donors (Lipinski definition) is 1. The number of anilines is 1. The van der Waals surface area contributed by atoms with Crippen LogP contribution in [-0.2, 0) is 14.3 Å². The molecule has 30 heavy (non-hydrogen) atoms. The summed E-state index contributed by atoms with van der Waals surface area (Å²) < 4.78 is 25.5. The monoisotopic (exact) mass is 417 g/mol. The summed E-state index contributed by atoms with van der Waals surface area (Å²) in [4.78, 5) is 36.0. The molecule has 1 N–H and O–H groups in total. The summed E-state index contributed by atoms with van der Waals surface area (Å²) in [5.41, 5.74) is 0.941. The van der Waals surface area contributed by atoms with Crippen molar-refractivity contribution in [2.24, 2.45) is 0 Å². The zero-order chi connectivity index (χ0) is 22.1. The van der Waals surface area contributed by atoms with Crippen LogP contribution in [0, 0.1) is 0 Å². The molecule has 9 heteroatoms. The van der Waals surface area contributed by atoms with Crippen molar-refractivity contribution < 1.29 is 38.1 Å². The molecule has 0 spiro atoms. The molecule has 0 fully saturated rings. The van der Waals surface area contributed by atoms with E-state index in [4.69, 9.17) is 23.7 Å². The molecule has 0 radical (unpaired) electrons. The number of methoxy groups -OCH3 is 3. The van der Waals surface area contributed by atoms with Crippen molar-refractivity contribution in [1.82, 2.24) is 0 Å². The fraction of sp³-hybridized carbons (Fsp3) is 0.286. The van der Waals surface area contributed by atoms with Crippen molar-refractivity contribution in [1.29, 1.82) is 0 Å². The normalized spacial score (nSPS) is 10.0. The Bertz CT molecular complexity index is 883. The van der Waals surface area contributed by atoms with Gasteiger partial charge in [-0.2, -0.15) is 0 Å². The van der Waals surface area contributed by atoms with Crippen molar-refractivity contribution in [2.45, 2.75) is 6.92 Å². The van der Waals surface area contributed by atoms with Crippen molar-refractivity contribution >= 4 is 23.5 Å². The van der Waals surface area contributed by atoms with Gasteiger partial charge in [0.05, 0.1) is 39.1 Å². The molecule has 0 aromatic heterocycles. The Balaban J connectivity index is 1.98. The van der Waals surface area contributed by atoms with Gasteiger partial charge in [0, 0.05) is 5.69 Å². The predicted octanol–water partition coefficient (Wildman–Crippen LogP) is 2.68. The smallest absolute Gasteiger partial charge is 0.338 e. The lowest BCUT2D eigenvalue weighted by Gasteiger charge is -2.13. The van der Waals surface area contributed by atoms with Gasteiger partial charge in [-0.25, -0.2) is 9.59 Å². The number of benzene rings is 2. The van der Waals surface area contributed by atoms with Crippen molar-refractivity contribution in [3.8, 4) is 17.2 Å². The van der Waals surface area contributed by atoms with Gasteiger partial charge in [-0.1, -0.05) is 0 Å². The van der Waals surface area contributed by atoms with Gasteiger partial charge in [0.1, 0.15) is 0 Å². The summed E-state index contributed by atoms with van der Waals surface area (Å²) in [6.07, 6.45) is 0. The second-order valence-corrected chi connectivity index (χ2v) is 5.84. The Morgan fingerprint density at radius 3 is 1.87 bits per heavy atom. The van der Waals surface area contributed by atoms with E-state index in [1.807, 2.05) is 0 Å². The highest BCUT2D eigenvalue weighted by molar-refractivity contribution is 5.96. The number of nitrogens with one attached hydrogen (secondary N) is 1. The highest BCUT2D eigenvalue weighted by Crippen LogP contribution is 2.38. The van der Waals surface area contributed by atoms with Gasteiger partial charge in [0.15, 0.2) is 18.1 Å². The fourth-order valence-electron chi connectivity index (χ4n) is 2.51. The number of hydrogen-bond acceptors (Lipinski definition) is 8. The molecule has 160 valence electrons. The molecule has 0 bridgehead atoms. The van der Waals surface area contributed by atoms with Crippen LogP contribution in [0.3, 0.4) is 0 Å². The van der Waals surface area contributed by atoms with Crippen LogP contribution in [0.15, 0.2) is 36.4 Å². The minimum Gasteiger partial charge on any atom is -0.493 e. The zero-order valence-corrected chi connectivity index (χ0v) is 17.1. The van der Waals surface area contributed by atoms with E-state index in [2.05, 4.69) is 5.32 Å². The van der Waals surface area contributed by atoms with Crippen LogP contribution in [-0.4, -0.2) is 52.4 Å². The quantitative estimate of drug-likeness (QED) is 0.620. The van der Waals surface area contributed by atoms with Crippen LogP contribution >= 0.6 is 0 Å². The van der Waals surface area contributed by atoms with E-state index in [1.54, 1.807) is 19.1 Å². The summed E-state index contributed by atoms with van der Waals surface area (Å²) >= 11 is 0. The Kier molecular flexibility index (Phi) is 8.04. The molecule has 1 amide bonds. The fourth-order valence-corrected chi connectivity index (χ4v) is 2.51. The van der Waals surface area contributed by atoms with Crippen LogP contribution < -0.4 is 19.5 Å². The Morgan fingerprint density at radius 1 is 0.800 bits per heavy atom. The van der Waals surface area contributed by atoms with Crippen molar-refractivity contribution in [2.75, 3.05) is 39.9 Å². The predicted molar refractivity (Wildman–Crippen MR) is 107 cm³/mol. The summed E-state index contributed by atoms with van der Waals surface area (Å²) in [7, 11) is 4.29. The van der Waals surface area contributed by atoms with Crippen LogP contribution in [0.25, 0.3) is 0 Å². The van der Waals surface area contributed by atoms with Gasteiger partial charge < -0.3 is 29.0 Å². The molecular formula is C21H23NO8. The van der Waals surface area contributed by atoms with Crippen LogP contribution in [0.1, 0.15) is 27.6 Å². The maximum atomic E-state index is 12.3. The molecular weight excluding hydrogens is 394 g/mol. The number of esters is 2. The minimum atomic E-state index is -0.734. The summed E-state index contributed by atoms with van der Waals surface area (Å²) in [6, 6.07) is 8.99. The highest BCUT2D eigenvalue weighted by Gasteiger charge is 2.18. The number of amides is 1. The first-order valence-corrected chi connectivity index (χ1v) is 8.97. The molecule has 0 saturated heterocycles. The van der Waals surface area contributed by atoms with E-state index >= 15 is 0 Å². The third-order valence-corrected chi connectivity index (χ3v) is 3.91. The van der Waals surface area contributed by atoms with Gasteiger partial charge >= 0.3 is 11.9 Å². The highest BCUT2D eigenvalue weighted by atomic mass is 16.5. The molecule has 0 heterocycles. The van der Waals surface area contributed by atoms with E-state index in [-0.39, 0.29) is 23.7 Å². The lowest BCUT2D eigenvalue weighted by Crippen LogP contribution is -2.21. The summed E-state index contributed by atoms with van der Waals surface area (Å²) in [6.45, 7) is 1.48. The molecule has 0 aliphatic heterocycles. The molecule has 9 nitrogen and oxygen atoms in total. The number of carbonyl (C=O) groups is 3. The lowest BCUT2D eigenvalue weighted by atomic mass is 10.2. The second kappa shape index (κ2) is 10.7. The Hall–Kier alpha value is -3.75. The molecule has 2 rings (SSSR count). The first-order valence-electron chi connectivity index (χ1n) is 8.97. The number of ether oxygens (including phenoxy) is 5. The van der Waals surface area contributed by atoms with E-state index in [9.17, 15) is 14.4 Å². The molecule has 0 atom stereocenters.